The van der Waals surface area contributed by atoms with Crippen molar-refractivity contribution >= 4 is 21.6 Å². The molecule has 7 heteroatoms. The van der Waals surface area contributed by atoms with Crippen molar-refractivity contribution in [3.8, 4) is 0 Å². The Bertz CT molecular complexity index is 930. The molecule has 0 spiro atoms. The summed E-state index contributed by atoms with van der Waals surface area (Å²) >= 11 is 0. The molecule has 0 bridgehead atoms. The Morgan fingerprint density at radius 1 is 1.15 bits per heavy atom. The van der Waals surface area contributed by atoms with Gasteiger partial charge in [0.15, 0.2) is 15.7 Å². The van der Waals surface area contributed by atoms with Crippen LogP contribution in [0.1, 0.15) is 55.7 Å². The van der Waals surface area contributed by atoms with Crippen LogP contribution in [0.25, 0.3) is 0 Å². The molecule has 27 heavy (non-hydrogen) atoms. The van der Waals surface area contributed by atoms with Crippen molar-refractivity contribution in [2.24, 2.45) is 0 Å². The van der Waals surface area contributed by atoms with Gasteiger partial charge in [0.25, 0.3) is 0 Å². The van der Waals surface area contributed by atoms with E-state index in [1.165, 1.54) is 13.0 Å². The molecule has 2 aromatic rings. The molecule has 0 radical (unpaired) electrons. The molecule has 1 unspecified atom stereocenters. The highest BCUT2D eigenvalue weighted by Gasteiger charge is 2.30. The minimum atomic E-state index is -3.69. The molecule has 0 aliphatic heterocycles. The highest BCUT2D eigenvalue weighted by molar-refractivity contribution is 7.92. The molecule has 0 saturated heterocycles. The van der Waals surface area contributed by atoms with E-state index in [1.807, 2.05) is 26.0 Å². The quantitative estimate of drug-likeness (QED) is 0.835. The number of aromatic nitrogens is 1. The van der Waals surface area contributed by atoms with E-state index in [0.29, 0.717) is 5.76 Å². The third-order valence-electron chi connectivity index (χ3n) is 4.69. The van der Waals surface area contributed by atoms with Crippen LogP contribution in [-0.2, 0) is 25.8 Å². The molecule has 1 aromatic heterocycles. The van der Waals surface area contributed by atoms with Gasteiger partial charge in [-0.15, -0.1) is 0 Å². The van der Waals surface area contributed by atoms with E-state index in [-0.39, 0.29) is 17.0 Å². The van der Waals surface area contributed by atoms with Crippen molar-refractivity contribution in [2.45, 2.75) is 64.9 Å². The molecule has 1 N–H and O–H groups in total. The summed E-state index contributed by atoms with van der Waals surface area (Å²) in [5, 5.41) is 4.95. The number of carbonyl (C=O) groups is 1. The highest BCUT2D eigenvalue weighted by atomic mass is 32.2. The van der Waals surface area contributed by atoms with E-state index in [9.17, 15) is 13.2 Å². The van der Waals surface area contributed by atoms with Crippen LogP contribution in [0.3, 0.4) is 0 Å². The predicted molar refractivity (Wildman–Crippen MR) is 107 cm³/mol. The number of amides is 1. The van der Waals surface area contributed by atoms with E-state index in [4.69, 9.17) is 4.52 Å². The third-order valence-corrected chi connectivity index (χ3v) is 6.68. The molecule has 148 valence electrons. The average molecular weight is 393 g/mol. The SMILES string of the molecule is Cc1cc(NC(=O)C(C)S(=O)(=O)Cc2c(C)cc(C(C)(C)C)cc2C)no1. The number of carbonyl (C=O) groups excluding carboxylic acids is 1. The first-order valence-electron chi connectivity index (χ1n) is 8.87. The van der Waals surface area contributed by atoms with Crippen molar-refractivity contribution in [2.75, 3.05) is 5.32 Å². The van der Waals surface area contributed by atoms with Gasteiger partial charge in [-0.05, 0) is 55.4 Å². The Morgan fingerprint density at radius 3 is 2.15 bits per heavy atom. The topological polar surface area (TPSA) is 89.3 Å². The molecule has 1 aromatic carbocycles. The highest BCUT2D eigenvalue weighted by Crippen LogP contribution is 2.28. The molecular weight excluding hydrogens is 364 g/mol. The molecule has 0 aliphatic rings. The van der Waals surface area contributed by atoms with Gasteiger partial charge < -0.3 is 9.84 Å². The van der Waals surface area contributed by atoms with Crippen molar-refractivity contribution < 1.29 is 17.7 Å². The van der Waals surface area contributed by atoms with E-state index in [2.05, 4.69) is 31.2 Å². The van der Waals surface area contributed by atoms with Crippen molar-refractivity contribution in [3.05, 3.63) is 46.2 Å². The maximum atomic E-state index is 12.8. The van der Waals surface area contributed by atoms with Gasteiger partial charge in [0, 0.05) is 6.07 Å². The molecule has 0 fully saturated rings. The summed E-state index contributed by atoms with van der Waals surface area (Å²) in [7, 11) is -3.69. The molecule has 1 atom stereocenters. The van der Waals surface area contributed by atoms with E-state index in [0.717, 1.165) is 22.3 Å². The van der Waals surface area contributed by atoms with Gasteiger partial charge in [0.05, 0.1) is 5.75 Å². The normalized spacial score (nSPS) is 13.4. The number of sulfone groups is 1. The van der Waals surface area contributed by atoms with Crippen LogP contribution < -0.4 is 5.32 Å². The zero-order chi connectivity index (χ0) is 20.6. The number of hydrogen-bond acceptors (Lipinski definition) is 5. The Kier molecular flexibility index (Phi) is 5.85. The second-order valence-corrected chi connectivity index (χ2v) is 10.4. The summed E-state index contributed by atoms with van der Waals surface area (Å²) in [5.74, 6) is -0.0565. The summed E-state index contributed by atoms with van der Waals surface area (Å²) in [6.07, 6.45) is 0. The summed E-state index contributed by atoms with van der Waals surface area (Å²) in [5.41, 5.74) is 3.73. The number of benzene rings is 1. The van der Waals surface area contributed by atoms with Gasteiger partial charge >= 0.3 is 0 Å². The lowest BCUT2D eigenvalue weighted by Gasteiger charge is -2.23. The van der Waals surface area contributed by atoms with Crippen LogP contribution in [0.4, 0.5) is 5.82 Å². The zero-order valence-electron chi connectivity index (χ0n) is 17.0. The number of aryl methyl sites for hydroxylation is 3. The molecule has 2 rings (SSSR count). The molecule has 1 amide bonds. The van der Waals surface area contributed by atoms with Crippen LogP contribution in [0, 0.1) is 20.8 Å². The Morgan fingerprint density at radius 2 is 1.70 bits per heavy atom. The second-order valence-electron chi connectivity index (χ2n) is 8.10. The number of rotatable bonds is 5. The number of nitrogens with one attached hydrogen (secondary N) is 1. The number of anilines is 1. The van der Waals surface area contributed by atoms with Crippen LogP contribution >= 0.6 is 0 Å². The first-order valence-corrected chi connectivity index (χ1v) is 10.6. The van der Waals surface area contributed by atoms with Gasteiger partial charge in [-0.25, -0.2) is 8.42 Å². The minimum Gasteiger partial charge on any atom is -0.360 e. The first-order chi connectivity index (χ1) is 12.3. The lowest BCUT2D eigenvalue weighted by Crippen LogP contribution is -2.33. The largest absolute Gasteiger partial charge is 0.360 e. The lowest BCUT2D eigenvalue weighted by molar-refractivity contribution is -0.115. The fraction of sp³-hybridized carbons (Fsp3) is 0.500. The van der Waals surface area contributed by atoms with Gasteiger partial charge in [-0.3, -0.25) is 4.79 Å². The summed E-state index contributed by atoms with van der Waals surface area (Å²) < 4.78 is 30.5. The lowest BCUT2D eigenvalue weighted by atomic mass is 9.84. The van der Waals surface area contributed by atoms with Gasteiger partial charge in [0.1, 0.15) is 11.0 Å². The average Bonchev–Trinajstić information content (AvgIpc) is 2.94. The summed E-state index contributed by atoms with van der Waals surface area (Å²) in [6, 6.07) is 5.60. The number of hydrogen-bond donors (Lipinski definition) is 1. The van der Waals surface area contributed by atoms with Gasteiger partial charge in [-0.2, -0.15) is 0 Å². The van der Waals surface area contributed by atoms with E-state index >= 15 is 0 Å². The number of nitrogens with zero attached hydrogens (tertiary/aromatic N) is 1. The fourth-order valence-electron chi connectivity index (χ4n) is 2.80. The van der Waals surface area contributed by atoms with Crippen LogP contribution in [-0.4, -0.2) is 24.7 Å². The smallest absolute Gasteiger partial charge is 0.243 e. The standard InChI is InChI=1S/C20H28N2O4S/c1-12-8-16(20(5,6)7)9-13(2)17(12)11-27(24,25)15(4)19(23)21-18-10-14(3)26-22-18/h8-10,15H,11H2,1-7H3,(H,21,22,23). The van der Waals surface area contributed by atoms with E-state index < -0.39 is 21.0 Å². The monoisotopic (exact) mass is 392 g/mol. The zero-order valence-corrected chi connectivity index (χ0v) is 17.8. The minimum absolute atomic E-state index is 0.0180. The third kappa shape index (κ3) is 4.97. The predicted octanol–water partition coefficient (Wildman–Crippen LogP) is 3.84. The molecule has 0 aliphatic carbocycles. The first kappa shape index (κ1) is 21.2. The van der Waals surface area contributed by atoms with Crippen LogP contribution in [0.15, 0.2) is 22.7 Å². The second kappa shape index (κ2) is 7.46. The Labute approximate surface area is 161 Å². The Balaban J connectivity index is 2.23. The summed E-state index contributed by atoms with van der Waals surface area (Å²) in [6.45, 7) is 13.3. The summed E-state index contributed by atoms with van der Waals surface area (Å²) in [4.78, 5) is 12.3. The van der Waals surface area contributed by atoms with Crippen LogP contribution in [0.5, 0.6) is 0 Å². The van der Waals surface area contributed by atoms with Crippen LogP contribution in [0.2, 0.25) is 0 Å². The maximum Gasteiger partial charge on any atom is 0.243 e. The maximum absolute atomic E-state index is 12.8. The van der Waals surface area contributed by atoms with Crippen molar-refractivity contribution in [1.82, 2.24) is 5.16 Å². The fourth-order valence-corrected chi connectivity index (χ4v) is 4.29. The van der Waals surface area contributed by atoms with Gasteiger partial charge in [0.2, 0.25) is 5.91 Å². The molecular formula is C20H28N2O4S. The van der Waals surface area contributed by atoms with E-state index in [1.54, 1.807) is 6.92 Å². The van der Waals surface area contributed by atoms with Crippen molar-refractivity contribution in [1.29, 1.82) is 0 Å². The van der Waals surface area contributed by atoms with Gasteiger partial charge in [-0.1, -0.05) is 38.1 Å². The molecule has 6 nitrogen and oxygen atoms in total. The van der Waals surface area contributed by atoms with Crippen molar-refractivity contribution in [3.63, 3.8) is 0 Å². The Hall–Kier alpha value is -2.15. The molecule has 1 heterocycles. The molecule has 0 saturated carbocycles.